The minimum Gasteiger partial charge on any atom is -0.454 e. The van der Waals surface area contributed by atoms with Gasteiger partial charge < -0.3 is 9.47 Å². The third kappa shape index (κ3) is 4.59. The van der Waals surface area contributed by atoms with Crippen molar-refractivity contribution in [3.8, 4) is 22.8 Å². The lowest BCUT2D eigenvalue weighted by Gasteiger charge is -2.10. The van der Waals surface area contributed by atoms with Crippen LogP contribution < -0.4 is 19.5 Å². The van der Waals surface area contributed by atoms with Gasteiger partial charge in [-0.05, 0) is 55.5 Å². The van der Waals surface area contributed by atoms with Gasteiger partial charge in [-0.1, -0.05) is 23.8 Å². The molecule has 0 saturated heterocycles. The van der Waals surface area contributed by atoms with Gasteiger partial charge in [0.25, 0.3) is 15.9 Å². The number of sulfonamides is 1. The molecule has 2 N–H and O–H groups in total. The molecule has 0 radical (unpaired) electrons. The van der Waals surface area contributed by atoms with Crippen LogP contribution in [-0.2, 0) is 10.0 Å². The average molecular weight is 494 g/mol. The Kier molecular flexibility index (Phi) is 5.68. The lowest BCUT2D eigenvalue weighted by molar-refractivity contribution is 0.102. The van der Waals surface area contributed by atoms with Gasteiger partial charge in [-0.25, -0.2) is 13.4 Å². The highest BCUT2D eigenvalue weighted by molar-refractivity contribution is 7.92. The van der Waals surface area contributed by atoms with E-state index in [2.05, 4.69) is 15.0 Å². The largest absolute Gasteiger partial charge is 0.454 e. The van der Waals surface area contributed by atoms with E-state index >= 15 is 0 Å². The summed E-state index contributed by atoms with van der Waals surface area (Å²) in [6.07, 6.45) is 0. The second-order valence-electron chi connectivity index (χ2n) is 7.56. The number of thiazole rings is 1. The molecule has 0 atom stereocenters. The first-order valence-corrected chi connectivity index (χ1v) is 12.6. The number of carbonyl (C=O) groups excluding carboxylic acids is 1. The van der Waals surface area contributed by atoms with Crippen molar-refractivity contribution in [2.75, 3.05) is 16.8 Å². The molecule has 10 heteroatoms. The fourth-order valence-corrected chi connectivity index (χ4v) is 5.11. The summed E-state index contributed by atoms with van der Waals surface area (Å²) in [5.41, 5.74) is 3.07. The van der Waals surface area contributed by atoms with Crippen LogP contribution in [0.4, 0.5) is 10.8 Å². The number of ether oxygens (including phenoxy) is 2. The van der Waals surface area contributed by atoms with Gasteiger partial charge in [-0.15, -0.1) is 11.3 Å². The van der Waals surface area contributed by atoms with Gasteiger partial charge in [0.15, 0.2) is 16.6 Å². The zero-order valence-electron chi connectivity index (χ0n) is 17.9. The van der Waals surface area contributed by atoms with Gasteiger partial charge in [-0.3, -0.25) is 14.8 Å². The molecule has 1 aromatic heterocycles. The Morgan fingerprint density at radius 1 is 1.00 bits per heavy atom. The molecule has 4 aromatic rings. The number of benzene rings is 3. The first-order chi connectivity index (χ1) is 16.4. The van der Waals surface area contributed by atoms with Gasteiger partial charge in [0.2, 0.25) is 6.79 Å². The quantitative estimate of drug-likeness (QED) is 0.396. The predicted octanol–water partition coefficient (Wildman–Crippen LogP) is 4.90. The number of hydrogen-bond donors (Lipinski definition) is 2. The van der Waals surface area contributed by atoms with Gasteiger partial charge >= 0.3 is 0 Å². The second kappa shape index (κ2) is 8.81. The zero-order chi connectivity index (χ0) is 23.7. The minimum absolute atomic E-state index is 0.145. The van der Waals surface area contributed by atoms with E-state index in [1.54, 1.807) is 30.3 Å². The Bertz CT molecular complexity index is 1480. The number of hydrogen-bond acceptors (Lipinski definition) is 7. The molecule has 2 heterocycles. The van der Waals surface area contributed by atoms with Crippen LogP contribution >= 0.6 is 11.3 Å². The topological polar surface area (TPSA) is 107 Å². The molecule has 1 aliphatic rings. The second-order valence-corrected chi connectivity index (χ2v) is 10.1. The number of nitrogens with zero attached hydrogens (tertiary/aromatic N) is 1. The molecule has 5 rings (SSSR count). The molecule has 0 fully saturated rings. The molecule has 172 valence electrons. The number of fused-ring (bicyclic) bond motifs is 1. The number of amides is 1. The number of aromatic nitrogens is 1. The first-order valence-electron chi connectivity index (χ1n) is 10.2. The van der Waals surface area contributed by atoms with Crippen LogP contribution in [0.1, 0.15) is 15.9 Å². The monoisotopic (exact) mass is 493 g/mol. The van der Waals surface area contributed by atoms with Crippen LogP contribution in [0.5, 0.6) is 11.5 Å². The summed E-state index contributed by atoms with van der Waals surface area (Å²) in [7, 11) is -3.77. The molecular weight excluding hydrogens is 474 g/mol. The van der Waals surface area contributed by atoms with Crippen molar-refractivity contribution in [1.82, 2.24) is 4.98 Å². The summed E-state index contributed by atoms with van der Waals surface area (Å²) in [5, 5.41) is 5.02. The third-order valence-electron chi connectivity index (χ3n) is 5.10. The molecule has 0 aliphatic carbocycles. The zero-order valence-corrected chi connectivity index (χ0v) is 19.6. The number of aryl methyl sites for hydroxylation is 1. The van der Waals surface area contributed by atoms with Gasteiger partial charge in [-0.2, -0.15) is 0 Å². The van der Waals surface area contributed by atoms with Gasteiger partial charge in [0.05, 0.1) is 10.6 Å². The number of anilines is 2. The van der Waals surface area contributed by atoms with E-state index in [1.165, 1.54) is 29.5 Å². The van der Waals surface area contributed by atoms with E-state index in [1.807, 2.05) is 30.5 Å². The van der Waals surface area contributed by atoms with Crippen molar-refractivity contribution < 1.29 is 22.7 Å². The highest BCUT2D eigenvalue weighted by atomic mass is 32.2. The summed E-state index contributed by atoms with van der Waals surface area (Å²) in [6, 6.07) is 18.3. The molecule has 0 saturated carbocycles. The lowest BCUT2D eigenvalue weighted by atomic mass is 10.1. The van der Waals surface area contributed by atoms with Gasteiger partial charge in [0.1, 0.15) is 0 Å². The summed E-state index contributed by atoms with van der Waals surface area (Å²) < 4.78 is 38.6. The SMILES string of the molecule is Cc1ccc(S(=O)(=O)Nc2cccc(C(=O)Nc3nc(-c4ccc5c(c4)OCO5)cs3)c2)cc1. The van der Waals surface area contributed by atoms with Crippen LogP contribution in [0.25, 0.3) is 11.3 Å². The van der Waals surface area contributed by atoms with E-state index in [4.69, 9.17) is 9.47 Å². The number of nitrogens with one attached hydrogen (secondary N) is 2. The van der Waals surface area contributed by atoms with Crippen LogP contribution in [-0.4, -0.2) is 26.1 Å². The molecular formula is C24H19N3O5S2. The Balaban J connectivity index is 1.29. The molecule has 0 bridgehead atoms. The number of carbonyl (C=O) groups is 1. The molecule has 8 nitrogen and oxygen atoms in total. The minimum atomic E-state index is -3.77. The van der Waals surface area contributed by atoms with Crippen LogP contribution in [0, 0.1) is 6.92 Å². The number of rotatable bonds is 6. The maximum absolute atomic E-state index is 12.8. The maximum atomic E-state index is 12.8. The summed E-state index contributed by atoms with van der Waals surface area (Å²) in [4.78, 5) is 17.4. The van der Waals surface area contributed by atoms with Gasteiger partial charge in [0, 0.05) is 22.2 Å². The highest BCUT2D eigenvalue weighted by Gasteiger charge is 2.17. The van der Waals surface area contributed by atoms with E-state index in [9.17, 15) is 13.2 Å². The van der Waals surface area contributed by atoms with E-state index in [0.717, 1.165) is 11.1 Å². The fourth-order valence-electron chi connectivity index (χ4n) is 3.34. The Morgan fingerprint density at radius 3 is 2.62 bits per heavy atom. The summed E-state index contributed by atoms with van der Waals surface area (Å²) in [5.74, 6) is 0.939. The maximum Gasteiger partial charge on any atom is 0.261 e. The van der Waals surface area contributed by atoms with Crippen molar-refractivity contribution >= 4 is 38.1 Å². The molecule has 1 amide bonds. The van der Waals surface area contributed by atoms with E-state index < -0.39 is 15.9 Å². The molecule has 1 aliphatic heterocycles. The molecule has 3 aromatic carbocycles. The Labute approximate surface area is 200 Å². The predicted molar refractivity (Wildman–Crippen MR) is 130 cm³/mol. The van der Waals surface area contributed by atoms with E-state index in [0.29, 0.717) is 27.9 Å². The highest BCUT2D eigenvalue weighted by Crippen LogP contribution is 2.36. The van der Waals surface area contributed by atoms with E-state index in [-0.39, 0.29) is 17.4 Å². The lowest BCUT2D eigenvalue weighted by Crippen LogP contribution is -2.15. The standard InChI is InChI=1S/C24H19N3O5S2/c1-15-5-8-19(9-6-15)34(29,30)27-18-4-2-3-17(11-18)23(28)26-24-25-20(13-33-24)16-7-10-21-22(12-16)32-14-31-21/h2-13,27H,14H2,1H3,(H,25,26,28). The Morgan fingerprint density at radius 2 is 1.79 bits per heavy atom. The van der Waals surface area contributed by atoms with Crippen molar-refractivity contribution in [3.63, 3.8) is 0 Å². The van der Waals surface area contributed by atoms with Crippen molar-refractivity contribution in [2.45, 2.75) is 11.8 Å². The van der Waals surface area contributed by atoms with Crippen molar-refractivity contribution in [3.05, 3.63) is 83.2 Å². The molecule has 0 spiro atoms. The van der Waals surface area contributed by atoms with Crippen LogP contribution in [0.2, 0.25) is 0 Å². The summed E-state index contributed by atoms with van der Waals surface area (Å²) >= 11 is 1.29. The van der Waals surface area contributed by atoms with Crippen molar-refractivity contribution in [2.24, 2.45) is 0 Å². The fraction of sp³-hybridized carbons (Fsp3) is 0.0833. The third-order valence-corrected chi connectivity index (χ3v) is 7.26. The average Bonchev–Trinajstić information content (AvgIpc) is 3.48. The van der Waals surface area contributed by atoms with Crippen LogP contribution in [0.3, 0.4) is 0 Å². The molecule has 34 heavy (non-hydrogen) atoms. The normalized spacial score (nSPS) is 12.4. The first kappa shape index (κ1) is 21.9. The van der Waals surface area contributed by atoms with Crippen molar-refractivity contribution in [1.29, 1.82) is 0 Å². The Hall–Kier alpha value is -3.89. The van der Waals surface area contributed by atoms with Crippen LogP contribution in [0.15, 0.2) is 77.0 Å². The summed E-state index contributed by atoms with van der Waals surface area (Å²) in [6.45, 7) is 2.07. The molecule has 0 unspecified atom stereocenters. The smallest absolute Gasteiger partial charge is 0.261 e.